The molecule has 0 saturated carbocycles. The molecule has 0 radical (unpaired) electrons. The fraction of sp³-hybridized carbons (Fsp3) is 0.111. The first-order valence-corrected chi connectivity index (χ1v) is 4.82. The van der Waals surface area contributed by atoms with E-state index in [1.54, 1.807) is 23.1 Å². The Morgan fingerprint density at radius 1 is 1.64 bits per heavy atom. The predicted molar refractivity (Wildman–Crippen MR) is 53.3 cm³/mol. The van der Waals surface area contributed by atoms with Crippen molar-refractivity contribution in [2.75, 3.05) is 5.32 Å². The maximum atomic E-state index is 7.50. The van der Waals surface area contributed by atoms with Crippen LogP contribution in [-0.4, -0.2) is 20.5 Å². The zero-order valence-electron chi connectivity index (χ0n) is 7.73. The quantitative estimate of drug-likeness (QED) is 0.597. The molecule has 1 aromatic rings. The van der Waals surface area contributed by atoms with Crippen LogP contribution in [0.1, 0.15) is 5.69 Å². The monoisotopic (exact) mass is 225 g/mol. The van der Waals surface area contributed by atoms with Gasteiger partial charge >= 0.3 is 91.2 Å². The molecule has 0 atom stereocenters. The summed E-state index contributed by atoms with van der Waals surface area (Å²) in [6.45, 7) is 1.88. The molecule has 4 nitrogen and oxygen atoms in total. The molecule has 14 heavy (non-hydrogen) atoms. The molecule has 0 aliphatic heterocycles. The number of nitrogens with one attached hydrogen (secondary N) is 2. The van der Waals surface area contributed by atoms with Crippen LogP contribution in [0.4, 0.5) is 5.95 Å². The Kier molecular flexibility index (Phi) is 4.23. The van der Waals surface area contributed by atoms with E-state index in [-0.39, 0.29) is 5.84 Å². The molecule has 5 heteroatoms. The number of aryl methyl sites for hydroxylation is 1. The summed E-state index contributed by atoms with van der Waals surface area (Å²) in [5.41, 5.74) is 0.873. The molecule has 0 aromatic carbocycles. The Balaban J connectivity index is 2.64. The van der Waals surface area contributed by atoms with Crippen LogP contribution in [0.2, 0.25) is 0 Å². The van der Waals surface area contributed by atoms with Crippen LogP contribution >= 0.6 is 0 Å². The van der Waals surface area contributed by atoms with E-state index >= 15 is 0 Å². The van der Waals surface area contributed by atoms with Crippen LogP contribution in [0.25, 0.3) is 0 Å². The Hall–Kier alpha value is -1.26. The summed E-state index contributed by atoms with van der Waals surface area (Å²) in [6.07, 6.45) is 5.04. The molecule has 0 amide bonds. The number of anilines is 1. The van der Waals surface area contributed by atoms with E-state index in [2.05, 4.69) is 32.3 Å². The Labute approximate surface area is 91.5 Å². The molecule has 0 fully saturated rings. The van der Waals surface area contributed by atoms with E-state index in [1.807, 2.05) is 13.0 Å². The SMILES string of the molecule is Cc1ccnc(NC(=N)/C=C\[CH]=[V])n1. The van der Waals surface area contributed by atoms with E-state index in [0.717, 1.165) is 5.69 Å². The van der Waals surface area contributed by atoms with Crippen molar-refractivity contribution in [1.29, 1.82) is 5.41 Å². The first kappa shape index (κ1) is 10.8. The number of allylic oxidation sites excluding steroid dienone is 1. The summed E-state index contributed by atoms with van der Waals surface area (Å²) in [7, 11) is 0. The fourth-order valence-corrected chi connectivity index (χ4v) is 0.945. The summed E-state index contributed by atoms with van der Waals surface area (Å²) < 4.78 is 1.79. The molecule has 71 valence electrons. The van der Waals surface area contributed by atoms with Crippen LogP contribution in [0.5, 0.6) is 0 Å². The zero-order valence-corrected chi connectivity index (χ0v) is 9.13. The van der Waals surface area contributed by atoms with E-state index in [1.165, 1.54) is 0 Å². The van der Waals surface area contributed by atoms with Crippen molar-refractivity contribution in [3.05, 3.63) is 30.1 Å². The third-order valence-corrected chi connectivity index (χ3v) is 1.66. The van der Waals surface area contributed by atoms with Crippen LogP contribution in [0.3, 0.4) is 0 Å². The van der Waals surface area contributed by atoms with Gasteiger partial charge in [-0.25, -0.2) is 0 Å². The predicted octanol–water partition coefficient (Wildman–Crippen LogP) is 1.08. The second kappa shape index (κ2) is 5.47. The molecular formula is C9H10N4V. The van der Waals surface area contributed by atoms with Gasteiger partial charge in [-0.15, -0.1) is 0 Å². The van der Waals surface area contributed by atoms with Gasteiger partial charge < -0.3 is 0 Å². The molecule has 0 saturated heterocycles. The maximum absolute atomic E-state index is 7.50. The van der Waals surface area contributed by atoms with Crippen molar-refractivity contribution < 1.29 is 17.0 Å². The van der Waals surface area contributed by atoms with Gasteiger partial charge in [0.25, 0.3) is 0 Å². The van der Waals surface area contributed by atoms with Gasteiger partial charge in [0.2, 0.25) is 0 Å². The van der Waals surface area contributed by atoms with Crippen LogP contribution in [0, 0.1) is 12.3 Å². The van der Waals surface area contributed by atoms with E-state index < -0.39 is 0 Å². The normalized spacial score (nSPS) is 10.0. The average molecular weight is 225 g/mol. The van der Waals surface area contributed by atoms with Gasteiger partial charge in [-0.2, -0.15) is 0 Å². The fourth-order valence-electron chi connectivity index (χ4n) is 0.811. The third kappa shape index (κ3) is 3.64. The molecule has 0 aliphatic carbocycles. The first-order valence-electron chi connectivity index (χ1n) is 4.01. The minimum atomic E-state index is 0.262. The standard InChI is InChI=1S/C9H10N4.V/c1-3-4-8(10)13-9-11-6-5-7(2)12-9;/h1,3-6H,2H3,(H2,10,11,12,13);/b4-3-;. The Morgan fingerprint density at radius 3 is 3.07 bits per heavy atom. The zero-order chi connectivity index (χ0) is 10.4. The van der Waals surface area contributed by atoms with Crippen molar-refractivity contribution in [3.63, 3.8) is 0 Å². The molecule has 1 rings (SSSR count). The summed E-state index contributed by atoms with van der Waals surface area (Å²) in [6, 6.07) is 1.81. The minimum absolute atomic E-state index is 0.262. The third-order valence-electron chi connectivity index (χ3n) is 1.39. The van der Waals surface area contributed by atoms with Gasteiger partial charge in [0, 0.05) is 0 Å². The van der Waals surface area contributed by atoms with Crippen molar-refractivity contribution in [1.82, 2.24) is 9.97 Å². The summed E-state index contributed by atoms with van der Waals surface area (Å²) in [4.78, 5) is 8.09. The number of hydrogen-bond donors (Lipinski definition) is 2. The van der Waals surface area contributed by atoms with E-state index in [4.69, 9.17) is 5.41 Å². The van der Waals surface area contributed by atoms with Gasteiger partial charge in [-0.1, -0.05) is 0 Å². The molecule has 1 aromatic heterocycles. The molecule has 0 bridgehead atoms. The van der Waals surface area contributed by atoms with Gasteiger partial charge in [0.05, 0.1) is 0 Å². The first-order chi connectivity index (χ1) is 6.72. The number of hydrogen-bond acceptors (Lipinski definition) is 3. The van der Waals surface area contributed by atoms with Crippen molar-refractivity contribution >= 4 is 16.5 Å². The second-order valence-electron chi connectivity index (χ2n) is 2.57. The number of rotatable bonds is 3. The summed E-state index contributed by atoms with van der Waals surface area (Å²) >= 11 is 2.30. The number of aromatic nitrogens is 2. The van der Waals surface area contributed by atoms with Crippen LogP contribution in [-0.2, 0) is 17.0 Å². The molecule has 2 N–H and O–H groups in total. The van der Waals surface area contributed by atoms with Crippen LogP contribution < -0.4 is 5.32 Å². The molecular weight excluding hydrogens is 215 g/mol. The summed E-state index contributed by atoms with van der Waals surface area (Å²) in [5.74, 6) is 0.711. The Bertz CT molecular complexity index is 373. The van der Waals surface area contributed by atoms with Crippen molar-refractivity contribution in [3.8, 4) is 0 Å². The second-order valence-corrected chi connectivity index (χ2v) is 3.03. The topological polar surface area (TPSA) is 61.7 Å². The van der Waals surface area contributed by atoms with Gasteiger partial charge in [-0.3, -0.25) is 0 Å². The van der Waals surface area contributed by atoms with Gasteiger partial charge in [0.15, 0.2) is 0 Å². The number of nitrogens with zero attached hydrogens (tertiary/aromatic N) is 2. The van der Waals surface area contributed by atoms with Gasteiger partial charge in [-0.05, 0) is 0 Å². The van der Waals surface area contributed by atoms with Gasteiger partial charge in [0.1, 0.15) is 0 Å². The Morgan fingerprint density at radius 2 is 2.43 bits per heavy atom. The van der Waals surface area contributed by atoms with Crippen LogP contribution in [0.15, 0.2) is 24.4 Å². The van der Waals surface area contributed by atoms with Crippen molar-refractivity contribution in [2.24, 2.45) is 0 Å². The summed E-state index contributed by atoms with van der Waals surface area (Å²) in [5, 5.41) is 10.3. The average Bonchev–Trinajstić information content (AvgIpc) is 2.15. The van der Waals surface area contributed by atoms with E-state index in [0.29, 0.717) is 5.95 Å². The van der Waals surface area contributed by atoms with Crippen molar-refractivity contribution in [2.45, 2.75) is 6.92 Å². The molecule has 0 spiro atoms. The molecule has 1 heterocycles. The van der Waals surface area contributed by atoms with E-state index in [9.17, 15) is 0 Å². The molecule has 0 unspecified atom stereocenters. The number of amidine groups is 1. The molecule has 0 aliphatic rings.